The lowest BCUT2D eigenvalue weighted by Gasteiger charge is -2.13. The number of carbonyl (C=O) groups excluding carboxylic acids is 1. The van der Waals surface area contributed by atoms with Crippen molar-refractivity contribution < 1.29 is 27.8 Å². The van der Waals surface area contributed by atoms with Crippen LogP contribution in [0.5, 0.6) is 11.5 Å². The third-order valence-electron chi connectivity index (χ3n) is 5.97. The van der Waals surface area contributed by atoms with Gasteiger partial charge in [0, 0.05) is 13.1 Å². The molecule has 8 nitrogen and oxygen atoms in total. The van der Waals surface area contributed by atoms with Gasteiger partial charge in [0.05, 0.1) is 21.5 Å². The van der Waals surface area contributed by atoms with Gasteiger partial charge in [-0.1, -0.05) is 60.7 Å². The molecule has 0 heterocycles. The van der Waals surface area contributed by atoms with Crippen molar-refractivity contribution in [3.05, 3.63) is 120 Å². The molecule has 0 aliphatic heterocycles. The number of rotatable bonds is 13. The minimum atomic E-state index is -3.92. The van der Waals surface area contributed by atoms with E-state index in [9.17, 15) is 18.3 Å². The van der Waals surface area contributed by atoms with E-state index < -0.39 is 21.8 Å². The van der Waals surface area contributed by atoms with E-state index in [2.05, 4.69) is 5.32 Å². The molecule has 4 rings (SSSR count). The average Bonchev–Trinajstić information content (AvgIpc) is 2.97. The first-order valence-electron chi connectivity index (χ1n) is 12.4. The summed E-state index contributed by atoms with van der Waals surface area (Å²) in [5.74, 6) is -0.0791. The van der Waals surface area contributed by atoms with Crippen LogP contribution in [0.3, 0.4) is 0 Å². The number of nitrogens with one attached hydrogen (secondary N) is 1. The molecule has 202 valence electrons. The summed E-state index contributed by atoms with van der Waals surface area (Å²) in [6.45, 7) is 1.42. The van der Waals surface area contributed by atoms with E-state index in [1.807, 2.05) is 60.7 Å². The van der Waals surface area contributed by atoms with Gasteiger partial charge < -0.3 is 25.6 Å². The Morgan fingerprint density at radius 2 is 1.49 bits per heavy atom. The summed E-state index contributed by atoms with van der Waals surface area (Å²) in [5, 5.41) is 13.3. The molecule has 0 aromatic heterocycles. The summed E-state index contributed by atoms with van der Waals surface area (Å²) in [6, 6.07) is 28.8. The van der Waals surface area contributed by atoms with E-state index in [-0.39, 0.29) is 27.7 Å². The second kappa shape index (κ2) is 13.1. The molecule has 4 aromatic rings. The molecule has 1 amide bonds. The quantitative estimate of drug-likeness (QED) is 0.217. The molecule has 9 heteroatoms. The van der Waals surface area contributed by atoms with Gasteiger partial charge in [0.15, 0.2) is 0 Å². The van der Waals surface area contributed by atoms with Crippen LogP contribution in [-0.4, -0.2) is 39.1 Å². The van der Waals surface area contributed by atoms with E-state index in [4.69, 9.17) is 15.2 Å². The summed E-state index contributed by atoms with van der Waals surface area (Å²) in [4.78, 5) is 12.0. The zero-order chi connectivity index (χ0) is 27.7. The first kappa shape index (κ1) is 27.8. The van der Waals surface area contributed by atoms with Gasteiger partial charge in [-0.3, -0.25) is 4.79 Å². The highest BCUT2D eigenvalue weighted by molar-refractivity contribution is 7.91. The van der Waals surface area contributed by atoms with Crippen LogP contribution in [-0.2, 0) is 16.4 Å². The topological polar surface area (TPSA) is 128 Å². The van der Waals surface area contributed by atoms with Crippen LogP contribution in [0.4, 0.5) is 0 Å². The number of benzene rings is 4. The van der Waals surface area contributed by atoms with E-state index in [1.165, 1.54) is 30.3 Å². The molecule has 0 spiro atoms. The summed E-state index contributed by atoms with van der Waals surface area (Å²) in [5.41, 5.74) is 7.23. The fourth-order valence-corrected chi connectivity index (χ4v) is 5.14. The molecule has 1 atom stereocenters. The van der Waals surface area contributed by atoms with E-state index >= 15 is 0 Å². The SMILES string of the molecule is NC(=O)c1cc(S(=O)(=O)c2ccc(OCCNC[C@H](O)c3ccccc3)cc2)ccc1OCc1ccccc1. The Labute approximate surface area is 227 Å². The normalized spacial score (nSPS) is 12.0. The van der Waals surface area contributed by atoms with Crippen molar-refractivity contribution in [2.24, 2.45) is 5.73 Å². The lowest BCUT2D eigenvalue weighted by atomic mass is 10.1. The second-order valence-corrected chi connectivity index (χ2v) is 10.7. The van der Waals surface area contributed by atoms with E-state index in [0.29, 0.717) is 25.4 Å². The van der Waals surface area contributed by atoms with Gasteiger partial charge in [-0.15, -0.1) is 0 Å². The average molecular weight is 547 g/mol. The molecule has 0 radical (unpaired) electrons. The molecule has 0 aliphatic carbocycles. The van der Waals surface area contributed by atoms with Crippen LogP contribution in [0.2, 0.25) is 0 Å². The van der Waals surface area contributed by atoms with Crippen LogP contribution in [0.25, 0.3) is 0 Å². The maximum absolute atomic E-state index is 13.2. The van der Waals surface area contributed by atoms with Crippen molar-refractivity contribution in [1.29, 1.82) is 0 Å². The van der Waals surface area contributed by atoms with Crippen LogP contribution >= 0.6 is 0 Å². The minimum Gasteiger partial charge on any atom is -0.492 e. The molecular formula is C30H30N2O6S. The van der Waals surface area contributed by atoms with Crippen LogP contribution in [0.15, 0.2) is 113 Å². The Morgan fingerprint density at radius 3 is 2.15 bits per heavy atom. The number of primary amides is 1. The van der Waals surface area contributed by atoms with Crippen molar-refractivity contribution >= 4 is 15.7 Å². The molecule has 0 unspecified atom stereocenters. The Bertz CT molecular complexity index is 1480. The van der Waals surface area contributed by atoms with Crippen molar-refractivity contribution in [1.82, 2.24) is 5.32 Å². The molecule has 0 bridgehead atoms. The Balaban J connectivity index is 1.34. The molecule has 39 heavy (non-hydrogen) atoms. The van der Waals surface area contributed by atoms with E-state index in [0.717, 1.165) is 11.1 Å². The van der Waals surface area contributed by atoms with Gasteiger partial charge in [-0.2, -0.15) is 0 Å². The lowest BCUT2D eigenvalue weighted by molar-refractivity contribution is 0.0995. The summed E-state index contributed by atoms with van der Waals surface area (Å²) in [6.07, 6.45) is -0.615. The number of hydrogen-bond donors (Lipinski definition) is 3. The lowest BCUT2D eigenvalue weighted by Crippen LogP contribution is -2.26. The zero-order valence-electron chi connectivity index (χ0n) is 21.2. The molecule has 0 saturated carbocycles. The monoisotopic (exact) mass is 546 g/mol. The number of amides is 1. The largest absolute Gasteiger partial charge is 0.492 e. The van der Waals surface area contributed by atoms with Gasteiger partial charge >= 0.3 is 0 Å². The Hall–Kier alpha value is -4.18. The van der Waals surface area contributed by atoms with Crippen LogP contribution < -0.4 is 20.5 Å². The summed E-state index contributed by atoms with van der Waals surface area (Å²) >= 11 is 0. The van der Waals surface area contributed by atoms with E-state index in [1.54, 1.807) is 12.1 Å². The smallest absolute Gasteiger partial charge is 0.252 e. The highest BCUT2D eigenvalue weighted by Gasteiger charge is 2.21. The number of hydrogen-bond acceptors (Lipinski definition) is 7. The second-order valence-electron chi connectivity index (χ2n) is 8.75. The predicted octanol–water partition coefficient (Wildman–Crippen LogP) is 3.90. The highest BCUT2D eigenvalue weighted by atomic mass is 32.2. The Morgan fingerprint density at radius 1 is 0.846 bits per heavy atom. The number of aliphatic hydroxyl groups is 1. The number of nitrogens with two attached hydrogens (primary N) is 1. The highest BCUT2D eigenvalue weighted by Crippen LogP contribution is 2.28. The molecule has 4 aromatic carbocycles. The third-order valence-corrected chi connectivity index (χ3v) is 7.73. The van der Waals surface area contributed by atoms with Crippen LogP contribution in [0, 0.1) is 0 Å². The number of ether oxygens (including phenoxy) is 2. The minimum absolute atomic E-state index is 0.0168. The number of aliphatic hydroxyl groups excluding tert-OH is 1. The molecule has 0 saturated heterocycles. The van der Waals surface area contributed by atoms with Gasteiger partial charge in [-0.25, -0.2) is 8.42 Å². The standard InChI is InChI=1S/C30H30N2O6S/c31-30(34)27-19-26(15-16-29(27)38-21-22-7-3-1-4-8-22)39(35,36)25-13-11-24(12-14-25)37-18-17-32-20-28(33)23-9-5-2-6-10-23/h1-16,19,28,32-33H,17-18,20-21H2,(H2,31,34)/t28-/m0/s1. The van der Waals surface area contributed by atoms with Gasteiger partial charge in [-0.05, 0) is 53.6 Å². The van der Waals surface area contributed by atoms with Crippen molar-refractivity contribution in [3.8, 4) is 11.5 Å². The third kappa shape index (κ3) is 7.44. The first-order chi connectivity index (χ1) is 18.8. The zero-order valence-corrected chi connectivity index (χ0v) is 22.0. The molecular weight excluding hydrogens is 516 g/mol. The molecule has 0 aliphatic rings. The fourth-order valence-electron chi connectivity index (χ4n) is 3.85. The van der Waals surface area contributed by atoms with Crippen molar-refractivity contribution in [2.75, 3.05) is 19.7 Å². The van der Waals surface area contributed by atoms with Gasteiger partial charge in [0.1, 0.15) is 24.7 Å². The van der Waals surface area contributed by atoms with Crippen LogP contribution in [0.1, 0.15) is 27.6 Å². The van der Waals surface area contributed by atoms with Crippen molar-refractivity contribution in [3.63, 3.8) is 0 Å². The first-order valence-corrected chi connectivity index (χ1v) is 13.8. The number of carbonyl (C=O) groups is 1. The predicted molar refractivity (Wildman–Crippen MR) is 147 cm³/mol. The summed E-state index contributed by atoms with van der Waals surface area (Å²) < 4.78 is 37.9. The Kier molecular flexibility index (Phi) is 9.32. The maximum Gasteiger partial charge on any atom is 0.252 e. The van der Waals surface area contributed by atoms with Crippen molar-refractivity contribution in [2.45, 2.75) is 22.5 Å². The number of sulfone groups is 1. The molecule has 0 fully saturated rings. The molecule has 4 N–H and O–H groups in total. The van der Waals surface area contributed by atoms with Gasteiger partial charge in [0.25, 0.3) is 5.91 Å². The fraction of sp³-hybridized carbons (Fsp3) is 0.167. The maximum atomic E-state index is 13.2. The summed E-state index contributed by atoms with van der Waals surface area (Å²) in [7, 11) is -3.92. The van der Waals surface area contributed by atoms with Gasteiger partial charge in [0.2, 0.25) is 9.84 Å².